The van der Waals surface area contributed by atoms with E-state index in [1.54, 1.807) is 0 Å². The Hall–Kier alpha value is -0.730. The number of nitrogens with zero attached hydrogens (tertiary/aromatic N) is 3. The molecule has 1 aliphatic rings. The van der Waals surface area contributed by atoms with Crippen LogP contribution in [0.15, 0.2) is 5.10 Å². The number of rotatable bonds is 1. The molecular formula is C9H19N3. The fraction of sp³-hybridized carbons (Fsp3) is 0.889. The van der Waals surface area contributed by atoms with Gasteiger partial charge in [-0.2, -0.15) is 5.10 Å². The van der Waals surface area contributed by atoms with Crippen LogP contribution in [0.3, 0.4) is 0 Å². The third kappa shape index (κ3) is 1.54. The van der Waals surface area contributed by atoms with Crippen molar-refractivity contribution in [3.63, 3.8) is 0 Å². The molecule has 3 nitrogen and oxygen atoms in total. The van der Waals surface area contributed by atoms with Crippen LogP contribution in [0.2, 0.25) is 0 Å². The molecule has 0 aromatic rings. The van der Waals surface area contributed by atoms with Crippen LogP contribution in [0.4, 0.5) is 0 Å². The van der Waals surface area contributed by atoms with E-state index < -0.39 is 0 Å². The molecule has 1 rings (SSSR count). The molecule has 0 amide bonds. The first kappa shape index (κ1) is 9.36. The predicted octanol–water partition coefficient (Wildman–Crippen LogP) is 1.57. The zero-order valence-corrected chi connectivity index (χ0v) is 8.70. The second-order valence-electron chi connectivity index (χ2n) is 4.37. The minimum Gasteiger partial charge on any atom is -0.339 e. The summed E-state index contributed by atoms with van der Waals surface area (Å²) < 4.78 is 0. The Kier molecular flexibility index (Phi) is 2.31. The summed E-state index contributed by atoms with van der Waals surface area (Å²) in [6, 6.07) is 0. The highest BCUT2D eigenvalue weighted by molar-refractivity contribution is 5.57. The molecule has 1 heterocycles. The Labute approximate surface area is 75.0 Å². The van der Waals surface area contributed by atoms with Gasteiger partial charge in [-0.25, -0.2) is 0 Å². The van der Waals surface area contributed by atoms with Crippen LogP contribution < -0.4 is 0 Å². The normalized spacial score (nSPS) is 23.9. The summed E-state index contributed by atoms with van der Waals surface area (Å²) in [7, 11) is 2.03. The van der Waals surface area contributed by atoms with Gasteiger partial charge in [0.2, 0.25) is 0 Å². The lowest BCUT2D eigenvalue weighted by atomic mass is 9.91. The first-order valence-electron chi connectivity index (χ1n) is 4.49. The standard InChI is InChI=1S/C9H19N3/c1-6-12-7-10-11(5)8(12)9(2,3)4/h7-8H,6H2,1-5H3. The SMILES string of the molecule is CCN1C=NN(C)C1C(C)(C)C. The smallest absolute Gasteiger partial charge is 0.123 e. The highest BCUT2D eigenvalue weighted by Gasteiger charge is 2.34. The van der Waals surface area contributed by atoms with Crippen molar-refractivity contribution in [1.29, 1.82) is 0 Å². The van der Waals surface area contributed by atoms with Gasteiger partial charge in [0, 0.05) is 19.0 Å². The molecule has 3 heteroatoms. The first-order chi connectivity index (χ1) is 5.46. The van der Waals surface area contributed by atoms with Gasteiger partial charge in [0.1, 0.15) is 12.5 Å². The lowest BCUT2D eigenvalue weighted by Crippen LogP contribution is -2.47. The fourth-order valence-corrected chi connectivity index (χ4v) is 1.80. The molecule has 1 unspecified atom stereocenters. The summed E-state index contributed by atoms with van der Waals surface area (Å²) in [5, 5.41) is 6.30. The lowest BCUT2D eigenvalue weighted by molar-refractivity contribution is 0.0582. The van der Waals surface area contributed by atoms with E-state index in [2.05, 4.69) is 37.7 Å². The zero-order chi connectivity index (χ0) is 9.35. The van der Waals surface area contributed by atoms with Gasteiger partial charge in [0.15, 0.2) is 0 Å². The highest BCUT2D eigenvalue weighted by Crippen LogP contribution is 2.28. The van der Waals surface area contributed by atoms with E-state index in [9.17, 15) is 0 Å². The van der Waals surface area contributed by atoms with Crippen molar-refractivity contribution in [3.05, 3.63) is 0 Å². The Morgan fingerprint density at radius 2 is 2.00 bits per heavy atom. The molecule has 12 heavy (non-hydrogen) atoms. The molecule has 0 saturated carbocycles. The minimum atomic E-state index is 0.251. The van der Waals surface area contributed by atoms with Crippen molar-refractivity contribution in [2.45, 2.75) is 33.9 Å². The first-order valence-corrected chi connectivity index (χ1v) is 4.49. The molecular weight excluding hydrogens is 150 g/mol. The number of hydrogen-bond donors (Lipinski definition) is 0. The maximum absolute atomic E-state index is 4.27. The van der Waals surface area contributed by atoms with E-state index in [0.29, 0.717) is 6.17 Å². The maximum Gasteiger partial charge on any atom is 0.123 e. The lowest BCUT2D eigenvalue weighted by Gasteiger charge is -2.37. The fourth-order valence-electron chi connectivity index (χ4n) is 1.80. The molecule has 0 fully saturated rings. The molecule has 1 atom stereocenters. The molecule has 70 valence electrons. The van der Waals surface area contributed by atoms with Gasteiger partial charge in [-0.1, -0.05) is 20.8 Å². The van der Waals surface area contributed by atoms with Crippen molar-refractivity contribution in [1.82, 2.24) is 9.91 Å². The van der Waals surface area contributed by atoms with E-state index in [4.69, 9.17) is 0 Å². The quantitative estimate of drug-likeness (QED) is 0.593. The summed E-state index contributed by atoms with van der Waals surface area (Å²) in [5.41, 5.74) is 0.251. The van der Waals surface area contributed by atoms with Crippen LogP contribution in [-0.2, 0) is 0 Å². The number of hydrazone groups is 1. The van der Waals surface area contributed by atoms with Crippen LogP contribution in [0, 0.1) is 5.41 Å². The Balaban J connectivity index is 2.75. The van der Waals surface area contributed by atoms with Crippen molar-refractivity contribution in [2.24, 2.45) is 10.5 Å². The molecule has 0 spiro atoms. The third-order valence-corrected chi connectivity index (χ3v) is 2.19. The second kappa shape index (κ2) is 2.96. The summed E-state index contributed by atoms with van der Waals surface area (Å²) in [6.07, 6.45) is 2.33. The van der Waals surface area contributed by atoms with Gasteiger partial charge in [-0.05, 0) is 6.92 Å². The zero-order valence-electron chi connectivity index (χ0n) is 8.70. The van der Waals surface area contributed by atoms with Crippen molar-refractivity contribution in [2.75, 3.05) is 13.6 Å². The molecule has 0 N–H and O–H groups in total. The van der Waals surface area contributed by atoms with Crippen LogP contribution in [0.25, 0.3) is 0 Å². The molecule has 0 aromatic carbocycles. The van der Waals surface area contributed by atoms with Crippen LogP contribution in [0.1, 0.15) is 27.7 Å². The molecule has 0 aliphatic carbocycles. The summed E-state index contributed by atoms with van der Waals surface area (Å²) in [4.78, 5) is 2.26. The predicted molar refractivity (Wildman–Crippen MR) is 51.9 cm³/mol. The summed E-state index contributed by atoms with van der Waals surface area (Å²) in [6.45, 7) is 9.90. The van der Waals surface area contributed by atoms with E-state index >= 15 is 0 Å². The molecule has 0 saturated heterocycles. The topological polar surface area (TPSA) is 18.8 Å². The van der Waals surface area contributed by atoms with Gasteiger partial charge in [0.25, 0.3) is 0 Å². The third-order valence-electron chi connectivity index (χ3n) is 2.19. The van der Waals surface area contributed by atoms with E-state index in [-0.39, 0.29) is 5.41 Å². The molecule has 0 aromatic heterocycles. The van der Waals surface area contributed by atoms with E-state index in [1.807, 2.05) is 18.4 Å². The largest absolute Gasteiger partial charge is 0.339 e. The van der Waals surface area contributed by atoms with Gasteiger partial charge in [-0.3, -0.25) is 5.01 Å². The van der Waals surface area contributed by atoms with Crippen LogP contribution in [-0.4, -0.2) is 36.0 Å². The highest BCUT2D eigenvalue weighted by atomic mass is 15.6. The van der Waals surface area contributed by atoms with Crippen molar-refractivity contribution in [3.8, 4) is 0 Å². The van der Waals surface area contributed by atoms with Gasteiger partial charge >= 0.3 is 0 Å². The maximum atomic E-state index is 4.27. The average Bonchev–Trinajstić information content (AvgIpc) is 2.29. The molecule has 0 radical (unpaired) electrons. The second-order valence-corrected chi connectivity index (χ2v) is 4.37. The van der Waals surface area contributed by atoms with Crippen molar-refractivity contribution < 1.29 is 0 Å². The Bertz CT molecular complexity index is 181. The van der Waals surface area contributed by atoms with Gasteiger partial charge in [0.05, 0.1) is 0 Å². The molecule has 1 aliphatic heterocycles. The summed E-state index contributed by atoms with van der Waals surface area (Å²) >= 11 is 0. The monoisotopic (exact) mass is 169 g/mol. The Morgan fingerprint density at radius 1 is 1.42 bits per heavy atom. The number of hydrogen-bond acceptors (Lipinski definition) is 3. The molecule has 0 bridgehead atoms. The van der Waals surface area contributed by atoms with E-state index in [0.717, 1.165) is 6.54 Å². The van der Waals surface area contributed by atoms with E-state index in [1.165, 1.54) is 0 Å². The van der Waals surface area contributed by atoms with Gasteiger partial charge in [-0.15, -0.1) is 0 Å². The average molecular weight is 169 g/mol. The minimum absolute atomic E-state index is 0.251. The van der Waals surface area contributed by atoms with Crippen molar-refractivity contribution >= 4 is 6.34 Å². The van der Waals surface area contributed by atoms with Crippen LogP contribution in [0.5, 0.6) is 0 Å². The van der Waals surface area contributed by atoms with Gasteiger partial charge < -0.3 is 4.90 Å². The Morgan fingerprint density at radius 3 is 2.33 bits per heavy atom. The van der Waals surface area contributed by atoms with Crippen LogP contribution >= 0.6 is 0 Å². The summed E-state index contributed by atoms with van der Waals surface area (Å²) in [5.74, 6) is 0.